The number of carboxylic acids is 1. The van der Waals surface area contributed by atoms with Crippen LogP contribution in [0.15, 0.2) is 36.4 Å². The summed E-state index contributed by atoms with van der Waals surface area (Å²) in [6.07, 6.45) is 1.49. The van der Waals surface area contributed by atoms with Crippen molar-refractivity contribution in [3.63, 3.8) is 0 Å². The van der Waals surface area contributed by atoms with Gasteiger partial charge in [0.25, 0.3) is 0 Å². The Hall–Kier alpha value is -2.76. The van der Waals surface area contributed by atoms with Gasteiger partial charge in [-0.3, -0.25) is 0 Å². The van der Waals surface area contributed by atoms with Crippen LogP contribution in [0.1, 0.15) is 35.3 Å². The molecule has 0 aliphatic carbocycles. The number of halogens is 3. The number of aromatic carboxylic acids is 1. The molecule has 2 aromatic carbocycles. The summed E-state index contributed by atoms with van der Waals surface area (Å²) in [5.41, 5.74) is -0.985. The van der Waals surface area contributed by atoms with Gasteiger partial charge in [-0.2, -0.15) is 0 Å². The molecule has 24 heavy (non-hydrogen) atoms. The third kappa shape index (κ3) is 2.75. The Labute approximate surface area is 136 Å². The highest BCUT2D eigenvalue weighted by Gasteiger charge is 2.30. The van der Waals surface area contributed by atoms with Gasteiger partial charge in [0.05, 0.1) is 11.1 Å². The minimum Gasteiger partial charge on any atom is -0.483 e. The Kier molecular flexibility index (Phi) is 3.63. The third-order valence-corrected chi connectivity index (χ3v) is 3.66. The van der Waals surface area contributed by atoms with E-state index in [4.69, 9.17) is 9.84 Å². The van der Waals surface area contributed by atoms with Gasteiger partial charge in [0.15, 0.2) is 0 Å². The van der Waals surface area contributed by atoms with E-state index in [1.54, 1.807) is 13.8 Å². The fourth-order valence-corrected chi connectivity index (χ4v) is 2.71. The lowest BCUT2D eigenvalue weighted by Crippen LogP contribution is -2.29. The second-order valence-electron chi connectivity index (χ2n) is 6.02. The number of fused-ring (bicyclic) bond motifs is 1. The molecule has 0 aromatic heterocycles. The van der Waals surface area contributed by atoms with Crippen molar-refractivity contribution in [3.8, 4) is 5.75 Å². The highest BCUT2D eigenvalue weighted by Crippen LogP contribution is 2.41. The summed E-state index contributed by atoms with van der Waals surface area (Å²) in [7, 11) is 0. The molecule has 0 bridgehead atoms. The van der Waals surface area contributed by atoms with Crippen LogP contribution in [0.4, 0.5) is 13.2 Å². The van der Waals surface area contributed by atoms with Crippen molar-refractivity contribution in [2.45, 2.75) is 19.4 Å². The molecule has 1 N–H and O–H groups in total. The molecule has 0 saturated carbocycles. The summed E-state index contributed by atoms with van der Waals surface area (Å²) in [6.45, 7) is 3.39. The van der Waals surface area contributed by atoms with E-state index in [0.29, 0.717) is 17.9 Å². The summed E-state index contributed by atoms with van der Waals surface area (Å²) in [5.74, 6) is -4.04. The molecule has 0 amide bonds. The van der Waals surface area contributed by atoms with Gasteiger partial charge in [-0.25, -0.2) is 18.0 Å². The number of hydrogen-bond donors (Lipinski definition) is 1. The van der Waals surface area contributed by atoms with Crippen LogP contribution in [0.5, 0.6) is 5.75 Å². The van der Waals surface area contributed by atoms with Gasteiger partial charge >= 0.3 is 5.97 Å². The van der Waals surface area contributed by atoms with Crippen LogP contribution in [-0.4, -0.2) is 16.7 Å². The standard InChI is InChI=1S/C18H13F3O3/c1-18(2)8-12(16-13(20)6-10(19)7-14(16)21)11-5-9(17(22)23)3-4-15(11)24-18/h3-8H,1-2H3,(H,22,23). The van der Waals surface area contributed by atoms with Crippen molar-refractivity contribution in [1.82, 2.24) is 0 Å². The first-order valence-corrected chi connectivity index (χ1v) is 7.12. The van der Waals surface area contributed by atoms with E-state index < -0.39 is 34.6 Å². The van der Waals surface area contributed by atoms with Crippen LogP contribution in [-0.2, 0) is 0 Å². The zero-order valence-electron chi connectivity index (χ0n) is 12.9. The lowest BCUT2D eigenvalue weighted by molar-refractivity contribution is 0.0696. The lowest BCUT2D eigenvalue weighted by Gasteiger charge is -2.31. The Bertz CT molecular complexity index is 862. The lowest BCUT2D eigenvalue weighted by atomic mass is 9.88. The maximum Gasteiger partial charge on any atom is 0.335 e. The van der Waals surface area contributed by atoms with Gasteiger partial charge in [0.2, 0.25) is 0 Å². The number of hydrogen-bond acceptors (Lipinski definition) is 2. The Morgan fingerprint density at radius 1 is 1.08 bits per heavy atom. The van der Waals surface area contributed by atoms with Gasteiger partial charge in [0, 0.05) is 17.7 Å². The molecular weight excluding hydrogens is 321 g/mol. The molecule has 0 atom stereocenters. The molecule has 3 rings (SSSR count). The number of ether oxygens (including phenoxy) is 1. The summed E-state index contributed by atoms with van der Waals surface area (Å²) >= 11 is 0. The molecule has 1 aliphatic heterocycles. The average Bonchev–Trinajstić information content (AvgIpc) is 2.44. The summed E-state index contributed by atoms with van der Waals surface area (Å²) < 4.78 is 47.4. The Balaban J connectivity index is 2.29. The van der Waals surface area contributed by atoms with E-state index in [9.17, 15) is 18.0 Å². The Morgan fingerprint density at radius 3 is 2.29 bits per heavy atom. The van der Waals surface area contributed by atoms with E-state index in [2.05, 4.69) is 0 Å². The maximum atomic E-state index is 14.2. The van der Waals surface area contributed by atoms with Crippen molar-refractivity contribution in [3.05, 3.63) is 70.5 Å². The van der Waals surface area contributed by atoms with Crippen LogP contribution < -0.4 is 4.74 Å². The second kappa shape index (κ2) is 5.40. The summed E-state index contributed by atoms with van der Waals surface area (Å²) in [4.78, 5) is 11.2. The molecule has 3 nitrogen and oxygen atoms in total. The predicted octanol–water partition coefficient (Wildman–Crippen LogP) is 4.40. The van der Waals surface area contributed by atoms with E-state index in [0.717, 1.165) is 0 Å². The van der Waals surface area contributed by atoms with Crippen LogP contribution in [0, 0.1) is 17.5 Å². The van der Waals surface area contributed by atoms with Gasteiger partial charge < -0.3 is 9.84 Å². The van der Waals surface area contributed by atoms with Crippen LogP contribution in [0.2, 0.25) is 0 Å². The molecular formula is C18H13F3O3. The average molecular weight is 334 g/mol. The largest absolute Gasteiger partial charge is 0.483 e. The minimum absolute atomic E-state index is 0.0501. The molecule has 0 spiro atoms. The topological polar surface area (TPSA) is 46.5 Å². The highest BCUT2D eigenvalue weighted by molar-refractivity contribution is 5.92. The first-order chi connectivity index (χ1) is 11.2. The van der Waals surface area contributed by atoms with E-state index in [-0.39, 0.29) is 16.7 Å². The van der Waals surface area contributed by atoms with Crippen LogP contribution in [0.3, 0.4) is 0 Å². The van der Waals surface area contributed by atoms with Gasteiger partial charge in [0.1, 0.15) is 28.8 Å². The summed E-state index contributed by atoms with van der Waals surface area (Å²) in [5, 5.41) is 9.13. The monoisotopic (exact) mass is 334 g/mol. The fraction of sp³-hybridized carbons (Fsp3) is 0.167. The van der Waals surface area contributed by atoms with Gasteiger partial charge in [-0.05, 0) is 43.7 Å². The molecule has 0 fully saturated rings. The van der Waals surface area contributed by atoms with E-state index in [1.165, 1.54) is 24.3 Å². The molecule has 6 heteroatoms. The molecule has 0 unspecified atom stereocenters. The molecule has 0 radical (unpaired) electrons. The van der Waals surface area contributed by atoms with Gasteiger partial charge in [-0.1, -0.05) is 0 Å². The SMILES string of the molecule is CC1(C)C=C(c2c(F)cc(F)cc2F)c2cc(C(=O)O)ccc2O1. The Morgan fingerprint density at radius 2 is 1.71 bits per heavy atom. The predicted molar refractivity (Wildman–Crippen MR) is 81.5 cm³/mol. The van der Waals surface area contributed by atoms with Crippen LogP contribution in [0.25, 0.3) is 5.57 Å². The maximum absolute atomic E-state index is 14.2. The van der Waals surface area contributed by atoms with E-state index in [1.807, 2.05) is 0 Å². The van der Waals surface area contributed by atoms with Crippen LogP contribution >= 0.6 is 0 Å². The first kappa shape index (κ1) is 16.1. The van der Waals surface area contributed by atoms with Crippen molar-refractivity contribution in [1.29, 1.82) is 0 Å². The van der Waals surface area contributed by atoms with Crippen molar-refractivity contribution >= 4 is 11.5 Å². The smallest absolute Gasteiger partial charge is 0.335 e. The fourth-order valence-electron chi connectivity index (χ4n) is 2.71. The van der Waals surface area contributed by atoms with Crippen molar-refractivity contribution in [2.75, 3.05) is 0 Å². The van der Waals surface area contributed by atoms with Gasteiger partial charge in [-0.15, -0.1) is 0 Å². The number of rotatable bonds is 2. The second-order valence-corrected chi connectivity index (χ2v) is 6.02. The third-order valence-electron chi connectivity index (χ3n) is 3.66. The quantitative estimate of drug-likeness (QED) is 0.885. The number of carbonyl (C=O) groups is 1. The molecule has 2 aromatic rings. The zero-order valence-corrected chi connectivity index (χ0v) is 12.9. The molecule has 1 heterocycles. The first-order valence-electron chi connectivity index (χ1n) is 7.12. The summed E-state index contributed by atoms with van der Waals surface area (Å²) in [6, 6.07) is 5.23. The van der Waals surface area contributed by atoms with Crippen molar-refractivity contribution < 1.29 is 27.8 Å². The normalized spacial score (nSPS) is 15.3. The zero-order chi connectivity index (χ0) is 17.6. The number of benzene rings is 2. The van der Waals surface area contributed by atoms with Crippen molar-refractivity contribution in [2.24, 2.45) is 0 Å². The molecule has 1 aliphatic rings. The highest BCUT2D eigenvalue weighted by atomic mass is 19.1. The molecule has 0 saturated heterocycles. The van der Waals surface area contributed by atoms with E-state index >= 15 is 0 Å². The minimum atomic E-state index is -1.18. The molecule has 124 valence electrons. The number of carboxylic acid groups (broad SMARTS) is 1.